The van der Waals surface area contributed by atoms with Gasteiger partial charge in [-0.1, -0.05) is 74.0 Å². The number of thioether (sulfide) groups is 1. The third-order valence-corrected chi connectivity index (χ3v) is 9.73. The molecule has 2 N–H and O–H groups in total. The number of hydrogen-bond acceptors (Lipinski definition) is 4. The summed E-state index contributed by atoms with van der Waals surface area (Å²) in [6.07, 6.45) is 4.33. The molecule has 0 saturated heterocycles. The average molecular weight is 611 g/mol. The molecule has 0 spiro atoms. The number of ether oxygens (including phenoxy) is 1. The van der Waals surface area contributed by atoms with Crippen LogP contribution in [0.4, 0.5) is 0 Å². The number of halogens is 1. The smallest absolute Gasteiger partial charge is 0.303 e. The molecule has 0 radical (unpaired) electrons. The van der Waals surface area contributed by atoms with E-state index >= 15 is 0 Å². The van der Waals surface area contributed by atoms with Crippen LogP contribution in [0.25, 0.3) is 22.0 Å². The Morgan fingerprint density at radius 2 is 1.81 bits per heavy atom. The topological polar surface area (TPSA) is 75.2 Å². The van der Waals surface area contributed by atoms with Crippen LogP contribution in [0, 0.1) is 5.41 Å². The van der Waals surface area contributed by atoms with Crippen LogP contribution in [0.1, 0.15) is 49.7 Å². The first-order chi connectivity index (χ1) is 20.6. The standard InChI is InChI=1S/C36H35ClN2O3S/c1-35(2,20-32(40)41)19-30-34-33-28(18-36(3,43-34)17-23-9-12-26(37)13-10-23)31(16-15-29(33)39-30)42-22-27-14-11-25(21-38-27)24-7-5-4-6-8-24/h4-16,21,39H,17-20,22H2,1-3H3,(H,40,41). The average Bonchev–Trinajstić information content (AvgIpc) is 3.30. The van der Waals surface area contributed by atoms with Crippen LogP contribution in [-0.2, 0) is 30.7 Å². The molecule has 0 fully saturated rings. The van der Waals surface area contributed by atoms with Crippen LogP contribution in [0.5, 0.6) is 5.75 Å². The lowest BCUT2D eigenvalue weighted by molar-refractivity contribution is -0.139. The maximum absolute atomic E-state index is 11.6. The van der Waals surface area contributed by atoms with E-state index in [1.54, 1.807) is 0 Å². The van der Waals surface area contributed by atoms with Crippen LogP contribution in [0.3, 0.4) is 0 Å². The largest absolute Gasteiger partial charge is 0.487 e. The van der Waals surface area contributed by atoms with E-state index in [2.05, 4.69) is 59.4 Å². The number of benzene rings is 3. The second-order valence-electron chi connectivity index (χ2n) is 12.5. The Morgan fingerprint density at radius 1 is 1.05 bits per heavy atom. The van der Waals surface area contributed by atoms with Crippen molar-refractivity contribution in [3.8, 4) is 16.9 Å². The van der Waals surface area contributed by atoms with E-state index in [0.717, 1.165) is 51.6 Å². The number of rotatable bonds is 10. The fourth-order valence-corrected chi connectivity index (χ4v) is 7.77. The zero-order chi connectivity index (χ0) is 30.2. The van der Waals surface area contributed by atoms with Gasteiger partial charge in [-0.25, -0.2) is 0 Å². The van der Waals surface area contributed by atoms with Gasteiger partial charge in [-0.3, -0.25) is 9.78 Å². The summed E-state index contributed by atoms with van der Waals surface area (Å²) in [4.78, 5) is 21.1. The first-order valence-electron chi connectivity index (χ1n) is 14.5. The Hall–Kier alpha value is -3.74. The summed E-state index contributed by atoms with van der Waals surface area (Å²) in [5.41, 5.74) is 7.24. The predicted molar refractivity (Wildman–Crippen MR) is 175 cm³/mol. The molecule has 5 aromatic rings. The Balaban J connectivity index is 1.33. The molecular weight excluding hydrogens is 576 g/mol. The Labute approximate surface area is 261 Å². The summed E-state index contributed by atoms with van der Waals surface area (Å²) in [5.74, 6) is 0.0810. The maximum atomic E-state index is 11.6. The number of nitrogens with zero attached hydrogens (tertiary/aromatic N) is 1. The van der Waals surface area contributed by atoms with Crippen LogP contribution < -0.4 is 4.74 Å². The molecule has 220 valence electrons. The number of carbonyl (C=O) groups is 1. The molecule has 0 saturated carbocycles. The molecule has 0 aliphatic carbocycles. The molecule has 1 atom stereocenters. The summed E-state index contributed by atoms with van der Waals surface area (Å²) in [6, 6.07) is 26.6. The number of aliphatic carboxylic acids is 1. The van der Waals surface area contributed by atoms with E-state index in [4.69, 9.17) is 16.3 Å². The zero-order valence-corrected chi connectivity index (χ0v) is 26.2. The molecule has 1 unspecified atom stereocenters. The quantitative estimate of drug-likeness (QED) is 0.165. The highest BCUT2D eigenvalue weighted by molar-refractivity contribution is 8.01. The maximum Gasteiger partial charge on any atom is 0.303 e. The van der Waals surface area contributed by atoms with Gasteiger partial charge in [0.25, 0.3) is 0 Å². The normalized spacial score (nSPS) is 16.4. The molecule has 7 heteroatoms. The summed E-state index contributed by atoms with van der Waals surface area (Å²) in [5, 5.41) is 11.4. The molecule has 6 rings (SSSR count). The van der Waals surface area contributed by atoms with Gasteiger partial charge >= 0.3 is 5.97 Å². The molecule has 43 heavy (non-hydrogen) atoms. The third kappa shape index (κ3) is 6.61. The Bertz CT molecular complexity index is 1770. The molecule has 5 nitrogen and oxygen atoms in total. The Morgan fingerprint density at radius 3 is 2.51 bits per heavy atom. The monoisotopic (exact) mass is 610 g/mol. The van der Waals surface area contributed by atoms with Crippen molar-refractivity contribution >= 4 is 40.2 Å². The van der Waals surface area contributed by atoms with Gasteiger partial charge in [-0.2, -0.15) is 0 Å². The number of nitrogens with one attached hydrogen (secondary N) is 1. The molecule has 3 heterocycles. The highest BCUT2D eigenvalue weighted by atomic mass is 35.5. The molecule has 1 aliphatic rings. The van der Waals surface area contributed by atoms with E-state index in [1.165, 1.54) is 21.4 Å². The fourth-order valence-electron chi connectivity index (χ4n) is 6.11. The van der Waals surface area contributed by atoms with Crippen molar-refractivity contribution in [3.63, 3.8) is 0 Å². The van der Waals surface area contributed by atoms with Crippen molar-refractivity contribution in [2.24, 2.45) is 5.41 Å². The second kappa shape index (κ2) is 11.7. The van der Waals surface area contributed by atoms with Crippen molar-refractivity contribution in [2.45, 2.75) is 62.7 Å². The predicted octanol–water partition coefficient (Wildman–Crippen LogP) is 9.16. The number of carboxylic acid groups (broad SMARTS) is 1. The number of aromatic amines is 1. The van der Waals surface area contributed by atoms with Crippen molar-refractivity contribution in [1.29, 1.82) is 0 Å². The SMILES string of the molecule is CC(C)(CC(=O)O)Cc1[nH]c2ccc(OCc3ccc(-c4ccccc4)cn3)c3c2c1SC(C)(Cc1ccc(Cl)cc1)C3. The van der Waals surface area contributed by atoms with Gasteiger partial charge in [0.2, 0.25) is 0 Å². The molecule has 3 aromatic carbocycles. The first-order valence-corrected chi connectivity index (χ1v) is 15.7. The van der Waals surface area contributed by atoms with Crippen LogP contribution >= 0.6 is 23.4 Å². The third-order valence-electron chi connectivity index (χ3n) is 8.04. The van der Waals surface area contributed by atoms with E-state index in [-0.39, 0.29) is 11.2 Å². The van der Waals surface area contributed by atoms with Gasteiger partial charge in [-0.15, -0.1) is 11.8 Å². The number of carboxylic acids is 1. The summed E-state index contributed by atoms with van der Waals surface area (Å²) in [7, 11) is 0. The van der Waals surface area contributed by atoms with Crippen molar-refractivity contribution in [1.82, 2.24) is 9.97 Å². The number of pyridine rings is 1. The Kier molecular flexibility index (Phi) is 8.01. The minimum Gasteiger partial charge on any atom is -0.487 e. The highest BCUT2D eigenvalue weighted by Crippen LogP contribution is 2.52. The van der Waals surface area contributed by atoms with Crippen molar-refractivity contribution < 1.29 is 14.6 Å². The second-order valence-corrected chi connectivity index (χ2v) is 14.6. The molecule has 1 aliphatic heterocycles. The lowest BCUT2D eigenvalue weighted by Gasteiger charge is -2.35. The van der Waals surface area contributed by atoms with Gasteiger partial charge in [0.1, 0.15) is 12.4 Å². The van der Waals surface area contributed by atoms with Crippen LogP contribution in [0.15, 0.2) is 90.0 Å². The lowest BCUT2D eigenvalue weighted by Crippen LogP contribution is -2.29. The highest BCUT2D eigenvalue weighted by Gasteiger charge is 2.37. The molecule has 2 aromatic heterocycles. The van der Waals surface area contributed by atoms with Crippen molar-refractivity contribution in [2.75, 3.05) is 0 Å². The van der Waals surface area contributed by atoms with E-state index in [0.29, 0.717) is 13.0 Å². The van der Waals surface area contributed by atoms with E-state index in [1.807, 2.05) is 68.2 Å². The van der Waals surface area contributed by atoms with Gasteiger partial charge in [0.15, 0.2) is 0 Å². The number of H-pyrrole nitrogens is 1. The number of aromatic nitrogens is 2. The van der Waals surface area contributed by atoms with Crippen LogP contribution in [-0.4, -0.2) is 25.8 Å². The van der Waals surface area contributed by atoms with Gasteiger partial charge in [0, 0.05) is 48.6 Å². The van der Waals surface area contributed by atoms with E-state index in [9.17, 15) is 9.90 Å². The minimum absolute atomic E-state index is 0.103. The molecule has 0 amide bonds. The number of hydrogen-bond donors (Lipinski definition) is 2. The first kappa shape index (κ1) is 29.3. The minimum atomic E-state index is -0.781. The zero-order valence-electron chi connectivity index (χ0n) is 24.6. The fraction of sp³-hybridized carbons (Fsp3) is 0.278. The van der Waals surface area contributed by atoms with Gasteiger partial charge in [-0.05, 0) is 73.1 Å². The lowest BCUT2D eigenvalue weighted by atomic mass is 9.84. The van der Waals surface area contributed by atoms with Crippen molar-refractivity contribution in [3.05, 3.63) is 113 Å². The molecular formula is C36H35ClN2O3S. The summed E-state index contributed by atoms with van der Waals surface area (Å²) < 4.78 is 6.36. The summed E-state index contributed by atoms with van der Waals surface area (Å²) in [6.45, 7) is 6.71. The van der Waals surface area contributed by atoms with Gasteiger partial charge in [0.05, 0.1) is 12.1 Å². The molecule has 0 bridgehead atoms. The van der Waals surface area contributed by atoms with Crippen LogP contribution in [0.2, 0.25) is 5.02 Å². The van der Waals surface area contributed by atoms with E-state index < -0.39 is 11.4 Å². The summed E-state index contributed by atoms with van der Waals surface area (Å²) >= 11 is 8.07. The van der Waals surface area contributed by atoms with Gasteiger partial charge < -0.3 is 14.8 Å².